The molecule has 18 nitrogen and oxygen atoms in total. The van der Waals surface area contributed by atoms with E-state index in [1.54, 1.807) is 48.2 Å². The fourth-order valence-electron chi connectivity index (χ4n) is 9.77. The van der Waals surface area contributed by atoms with Crippen molar-refractivity contribution >= 4 is 58.3 Å². The molecule has 5 amide bonds. The Kier molecular flexibility index (Phi) is 17.2. The van der Waals surface area contributed by atoms with E-state index in [1.165, 1.54) is 22.4 Å². The van der Waals surface area contributed by atoms with Gasteiger partial charge in [-0.15, -0.1) is 11.3 Å². The number of nitrogens with zero attached hydrogens (tertiary/aromatic N) is 7. The molecule has 0 unspecified atom stereocenters. The number of piperidine rings is 1. The van der Waals surface area contributed by atoms with Crippen molar-refractivity contribution in [1.82, 2.24) is 40.7 Å². The van der Waals surface area contributed by atoms with Gasteiger partial charge in [0.05, 0.1) is 47.0 Å². The maximum atomic E-state index is 14.7. The normalized spacial score (nSPS) is 19.4. The zero-order valence-corrected chi connectivity index (χ0v) is 44.1. The van der Waals surface area contributed by atoms with Crippen LogP contribution in [0.25, 0.3) is 10.4 Å². The number of pyridine rings is 2. The van der Waals surface area contributed by atoms with Crippen LogP contribution < -0.4 is 30.9 Å². The van der Waals surface area contributed by atoms with Gasteiger partial charge >= 0.3 is 0 Å². The monoisotopic (exact) mass is 1070 g/mol. The summed E-state index contributed by atoms with van der Waals surface area (Å²) in [7, 11) is 0. The maximum absolute atomic E-state index is 14.7. The van der Waals surface area contributed by atoms with Gasteiger partial charge in [-0.1, -0.05) is 32.9 Å². The van der Waals surface area contributed by atoms with Gasteiger partial charge in [0.15, 0.2) is 5.67 Å². The number of aromatic nitrogens is 3. The summed E-state index contributed by atoms with van der Waals surface area (Å²) in [4.78, 5) is 85.5. The number of rotatable bonds is 20. The fraction of sp³-hybridized carbons (Fsp3) is 0.537. The maximum Gasteiger partial charge on any atom is 0.266 e. The summed E-state index contributed by atoms with van der Waals surface area (Å²) in [6.07, 6.45) is 2.90. The lowest BCUT2D eigenvalue weighted by atomic mass is 9.85. The highest BCUT2D eigenvalue weighted by Crippen LogP contribution is 2.41. The average molecular weight is 1070 g/mol. The zero-order valence-electron chi connectivity index (χ0n) is 43.3. The number of carbonyl (C=O) groups excluding carboxylic acids is 5. The summed E-state index contributed by atoms with van der Waals surface area (Å²) in [6.45, 7) is 8.36. The van der Waals surface area contributed by atoms with Gasteiger partial charge in [-0.05, 0) is 98.2 Å². The number of nitriles is 1. The van der Waals surface area contributed by atoms with Gasteiger partial charge in [-0.2, -0.15) is 5.26 Å². The number of aliphatic hydroxyl groups is 1. The standard InChI is InChI=1S/C54H66F3N11O7S/c1-33-47(76-32-62-33)36-7-8-37(29-61-49(72)40-27-39(69)30-68(40)50(73)48(52(2,3)4)65-51(74)53(55)14-15-53)41(24-36)75-22-6-5-17-60-45(70)9-10-46(71)66-19-12-35(13-20-66)38-25-43(63-42-23-34(28-58)11-18-59-42)64-44(26-38)67-21-16-54(56,57)31-67/h7-8,11,18,23-26,32,35,39-40,48,69H,5-6,9-10,12-17,19-22,27,29-31H2,1-4H3,(H,60,70)(H,61,72)(H,65,74)(H,59,63,64)/t39-,40+,48-/m1/s1. The fourth-order valence-corrected chi connectivity index (χ4v) is 10.6. The van der Waals surface area contributed by atoms with Crippen LogP contribution in [0.15, 0.2) is 54.2 Å². The van der Waals surface area contributed by atoms with Gasteiger partial charge in [-0.25, -0.2) is 28.1 Å². The van der Waals surface area contributed by atoms with Gasteiger partial charge in [0.1, 0.15) is 35.3 Å². The number of carbonyl (C=O) groups is 5. The van der Waals surface area contributed by atoms with Crippen LogP contribution in [0.5, 0.6) is 5.75 Å². The first kappa shape index (κ1) is 55.4. The number of nitrogens with one attached hydrogen (secondary N) is 4. The highest BCUT2D eigenvalue weighted by Gasteiger charge is 2.53. The number of hydrogen-bond acceptors (Lipinski definition) is 14. The van der Waals surface area contributed by atoms with Gasteiger partial charge in [-0.3, -0.25) is 24.0 Å². The number of aryl methyl sites for hydroxylation is 1. The second kappa shape index (κ2) is 23.6. The molecule has 4 aliphatic rings. The molecule has 5 N–H and O–H groups in total. The van der Waals surface area contributed by atoms with Gasteiger partial charge in [0, 0.05) is 76.7 Å². The summed E-state index contributed by atoms with van der Waals surface area (Å²) < 4.78 is 49.5. The van der Waals surface area contributed by atoms with Crippen molar-refractivity contribution in [3.05, 3.63) is 76.6 Å². The van der Waals surface area contributed by atoms with Crippen molar-refractivity contribution in [2.24, 2.45) is 5.41 Å². The Hall–Kier alpha value is -6.86. The van der Waals surface area contributed by atoms with Crippen molar-refractivity contribution in [3.63, 3.8) is 0 Å². The van der Waals surface area contributed by atoms with Crippen molar-refractivity contribution in [2.45, 2.75) is 134 Å². The van der Waals surface area contributed by atoms with E-state index in [9.17, 15) is 47.5 Å². The molecule has 0 bridgehead atoms. The lowest BCUT2D eigenvalue weighted by molar-refractivity contribution is -0.145. The second-order valence-corrected chi connectivity index (χ2v) is 22.2. The molecule has 4 aromatic rings. The predicted molar refractivity (Wildman–Crippen MR) is 278 cm³/mol. The Bertz CT molecular complexity index is 2830. The number of amides is 5. The lowest BCUT2D eigenvalue weighted by Gasteiger charge is -2.35. The number of aliphatic hydroxyl groups excluding tert-OH is 1. The van der Waals surface area contributed by atoms with Crippen molar-refractivity contribution in [1.29, 1.82) is 5.26 Å². The van der Waals surface area contributed by atoms with Gasteiger partial charge in [0.25, 0.3) is 11.8 Å². The van der Waals surface area contributed by atoms with Crippen LogP contribution in [0, 0.1) is 23.7 Å². The molecule has 8 rings (SSSR count). The van der Waals surface area contributed by atoms with E-state index in [0.29, 0.717) is 79.6 Å². The minimum atomic E-state index is -2.82. The highest BCUT2D eigenvalue weighted by molar-refractivity contribution is 7.13. The number of thiazole rings is 1. The molecule has 3 aliphatic heterocycles. The van der Waals surface area contributed by atoms with E-state index < -0.39 is 59.5 Å². The topological polar surface area (TPSA) is 235 Å². The first-order valence-electron chi connectivity index (χ1n) is 25.9. The van der Waals surface area contributed by atoms with Crippen LogP contribution >= 0.6 is 11.3 Å². The molecule has 0 radical (unpaired) electrons. The molecule has 1 aliphatic carbocycles. The van der Waals surface area contributed by atoms with E-state index >= 15 is 0 Å². The number of likely N-dealkylation sites (tertiary alicyclic amines) is 2. The van der Waals surface area contributed by atoms with Crippen molar-refractivity contribution < 1.29 is 47.0 Å². The zero-order chi connectivity index (χ0) is 54.4. The number of halogens is 3. The minimum Gasteiger partial charge on any atom is -0.493 e. The Balaban J connectivity index is 0.794. The molecule has 3 saturated heterocycles. The predicted octanol–water partition coefficient (Wildman–Crippen LogP) is 6.44. The number of β-amino-alcohol motifs (C(OH)–C–C–N with tert-alkyl or cyclic N) is 1. The molecule has 76 heavy (non-hydrogen) atoms. The van der Waals surface area contributed by atoms with Crippen LogP contribution in [0.2, 0.25) is 0 Å². The van der Waals surface area contributed by atoms with E-state index in [2.05, 4.69) is 42.3 Å². The average Bonchev–Trinajstić information content (AvgIpc) is 3.63. The molecule has 0 spiro atoms. The Morgan fingerprint density at radius 3 is 2.42 bits per heavy atom. The number of ether oxygens (including phenoxy) is 1. The van der Waals surface area contributed by atoms with Crippen LogP contribution in [0.3, 0.4) is 0 Å². The molecule has 6 heterocycles. The number of anilines is 3. The first-order valence-corrected chi connectivity index (χ1v) is 26.8. The van der Waals surface area contributed by atoms with Crippen LogP contribution in [0.1, 0.15) is 113 Å². The third-order valence-electron chi connectivity index (χ3n) is 14.4. The van der Waals surface area contributed by atoms with E-state index in [1.807, 2.05) is 37.3 Å². The third-order valence-corrected chi connectivity index (χ3v) is 15.4. The molecule has 3 aromatic heterocycles. The van der Waals surface area contributed by atoms with Crippen LogP contribution in [-0.4, -0.2) is 135 Å². The third kappa shape index (κ3) is 13.9. The summed E-state index contributed by atoms with van der Waals surface area (Å²) in [5.74, 6) is -3.35. The molecule has 4 fully saturated rings. The highest BCUT2D eigenvalue weighted by atomic mass is 32.1. The smallest absolute Gasteiger partial charge is 0.266 e. The van der Waals surface area contributed by atoms with E-state index in [4.69, 9.17) is 4.74 Å². The number of hydrogen-bond donors (Lipinski definition) is 5. The molecule has 1 aromatic carbocycles. The van der Waals surface area contributed by atoms with Crippen LogP contribution in [0.4, 0.5) is 30.6 Å². The number of unbranched alkanes of at least 4 members (excludes halogenated alkanes) is 1. The SMILES string of the molecule is Cc1ncsc1-c1ccc(CNC(=O)[C@@H]2C[C@@H](O)CN2C(=O)[C@@H](NC(=O)C2(F)CC2)C(C)(C)C)c(OCCCCNC(=O)CCC(=O)N2CCC(c3cc(Nc4cc(C#N)ccn4)nc(N4CCC(F)(F)C4)c3)CC2)c1. The largest absolute Gasteiger partial charge is 0.493 e. The molecule has 1 saturated carbocycles. The lowest BCUT2D eigenvalue weighted by Crippen LogP contribution is -2.59. The van der Waals surface area contributed by atoms with E-state index in [0.717, 1.165) is 21.7 Å². The summed E-state index contributed by atoms with van der Waals surface area (Å²) in [5.41, 5.74) is 2.63. The molecule has 406 valence electrons. The molecular weight excluding hydrogens is 1000 g/mol. The minimum absolute atomic E-state index is 0.0126. The molecule has 3 atom stereocenters. The van der Waals surface area contributed by atoms with E-state index in [-0.39, 0.29) is 82.5 Å². The summed E-state index contributed by atoms with van der Waals surface area (Å²) in [6, 6.07) is 12.4. The summed E-state index contributed by atoms with van der Waals surface area (Å²) >= 11 is 1.48. The van der Waals surface area contributed by atoms with Crippen molar-refractivity contribution in [3.8, 4) is 22.3 Å². The summed E-state index contributed by atoms with van der Waals surface area (Å²) in [5, 5.41) is 31.5. The van der Waals surface area contributed by atoms with Crippen molar-refractivity contribution in [2.75, 3.05) is 56.1 Å². The Morgan fingerprint density at radius 2 is 1.74 bits per heavy atom. The molecular formula is C54H66F3N11O7S. The second-order valence-electron chi connectivity index (χ2n) is 21.3. The quantitative estimate of drug-likeness (QED) is 0.0600. The van der Waals surface area contributed by atoms with Gasteiger partial charge < -0.3 is 45.8 Å². The number of alkyl halides is 3. The van der Waals surface area contributed by atoms with Gasteiger partial charge in [0.2, 0.25) is 23.6 Å². The van der Waals surface area contributed by atoms with Crippen LogP contribution in [-0.2, 0) is 30.5 Å². The Morgan fingerprint density at radius 1 is 0.961 bits per heavy atom. The number of benzene rings is 1. The first-order chi connectivity index (χ1) is 36.2. The molecule has 22 heteroatoms. The Labute approximate surface area is 444 Å².